The normalized spacial score (nSPS) is 16.7. The van der Waals surface area contributed by atoms with E-state index in [0.717, 1.165) is 12.8 Å². The fraction of sp³-hybridized carbons (Fsp3) is 0.176. The van der Waals surface area contributed by atoms with Gasteiger partial charge in [0, 0.05) is 4.70 Å². The molecule has 0 aliphatic heterocycles. The van der Waals surface area contributed by atoms with Gasteiger partial charge in [-0.1, -0.05) is 42.5 Å². The first-order valence-corrected chi connectivity index (χ1v) is 7.47. The summed E-state index contributed by atoms with van der Waals surface area (Å²) in [6.45, 7) is 0. The van der Waals surface area contributed by atoms with Crippen LogP contribution < -0.4 is 5.73 Å². The molecule has 94 valence electrons. The van der Waals surface area contributed by atoms with Crippen molar-refractivity contribution < 1.29 is 0 Å². The third-order valence-electron chi connectivity index (χ3n) is 4.15. The number of hydrogen-bond donors (Lipinski definition) is 1. The predicted octanol–water partition coefficient (Wildman–Crippen LogP) is 3.85. The minimum absolute atomic E-state index is 0.242. The summed E-state index contributed by atoms with van der Waals surface area (Å²) in [5.74, 6) is 0. The van der Waals surface area contributed by atoms with Gasteiger partial charge in [0.2, 0.25) is 0 Å². The van der Waals surface area contributed by atoms with E-state index in [1.54, 1.807) is 11.3 Å². The molecule has 3 aromatic rings. The van der Waals surface area contributed by atoms with Crippen molar-refractivity contribution >= 4 is 21.4 Å². The highest BCUT2D eigenvalue weighted by molar-refractivity contribution is 7.17. The van der Waals surface area contributed by atoms with Gasteiger partial charge < -0.3 is 5.73 Å². The van der Waals surface area contributed by atoms with Crippen molar-refractivity contribution in [2.45, 2.75) is 18.4 Å². The molecule has 0 radical (unpaired) electrons. The van der Waals surface area contributed by atoms with Crippen LogP contribution in [0.1, 0.15) is 16.7 Å². The van der Waals surface area contributed by atoms with E-state index in [2.05, 4.69) is 53.9 Å². The molecule has 1 heterocycles. The van der Waals surface area contributed by atoms with E-state index in [4.69, 9.17) is 5.73 Å². The lowest BCUT2D eigenvalue weighted by Gasteiger charge is -2.25. The topological polar surface area (TPSA) is 26.0 Å². The Balaban J connectivity index is 1.88. The Morgan fingerprint density at radius 3 is 2.37 bits per heavy atom. The van der Waals surface area contributed by atoms with E-state index >= 15 is 0 Å². The number of thiophene rings is 1. The Bertz CT molecular complexity index is 732. The van der Waals surface area contributed by atoms with Crippen molar-refractivity contribution in [2.75, 3.05) is 0 Å². The highest BCUT2D eigenvalue weighted by Gasteiger charge is 2.36. The fourth-order valence-corrected chi connectivity index (χ4v) is 4.24. The monoisotopic (exact) mass is 265 g/mol. The molecule has 0 unspecified atom stereocenters. The van der Waals surface area contributed by atoms with Crippen LogP contribution in [0.3, 0.4) is 0 Å². The molecule has 0 bridgehead atoms. The zero-order chi connectivity index (χ0) is 12.9. The quantitative estimate of drug-likeness (QED) is 0.710. The standard InChI is InChI=1S/C17H15NS/c18-17(10-13-4-1-2-5-14(13)11-17)15-7-3-6-12-8-9-19-16(12)15/h1-9H,10-11,18H2. The Hall–Kier alpha value is -1.64. The summed E-state index contributed by atoms with van der Waals surface area (Å²) in [4.78, 5) is 0. The van der Waals surface area contributed by atoms with Gasteiger partial charge in [-0.3, -0.25) is 0 Å². The number of fused-ring (bicyclic) bond motifs is 2. The molecule has 0 saturated heterocycles. The Morgan fingerprint density at radius 1 is 0.895 bits per heavy atom. The Labute approximate surface area is 116 Å². The average Bonchev–Trinajstić information content (AvgIpc) is 3.00. The van der Waals surface area contributed by atoms with Gasteiger partial charge in [0.05, 0.1) is 5.54 Å². The summed E-state index contributed by atoms with van der Waals surface area (Å²) in [6.07, 6.45) is 1.89. The molecule has 19 heavy (non-hydrogen) atoms. The van der Waals surface area contributed by atoms with Gasteiger partial charge in [0.25, 0.3) is 0 Å². The second kappa shape index (κ2) is 3.92. The summed E-state index contributed by atoms with van der Waals surface area (Å²) in [5.41, 5.74) is 10.6. The van der Waals surface area contributed by atoms with Crippen molar-refractivity contribution in [2.24, 2.45) is 5.73 Å². The van der Waals surface area contributed by atoms with Crippen molar-refractivity contribution in [3.63, 3.8) is 0 Å². The van der Waals surface area contributed by atoms with Crippen LogP contribution in [0.25, 0.3) is 10.1 Å². The van der Waals surface area contributed by atoms with Gasteiger partial charge in [0.15, 0.2) is 0 Å². The number of nitrogens with two attached hydrogens (primary N) is 1. The molecule has 2 N–H and O–H groups in total. The first-order valence-electron chi connectivity index (χ1n) is 6.59. The smallest absolute Gasteiger partial charge is 0.0505 e. The van der Waals surface area contributed by atoms with Crippen LogP contribution in [0.4, 0.5) is 0 Å². The maximum Gasteiger partial charge on any atom is 0.0505 e. The van der Waals surface area contributed by atoms with Crippen molar-refractivity contribution in [1.29, 1.82) is 0 Å². The lowest BCUT2D eigenvalue weighted by atomic mass is 9.87. The number of hydrogen-bond acceptors (Lipinski definition) is 2. The van der Waals surface area contributed by atoms with Crippen LogP contribution in [-0.4, -0.2) is 0 Å². The van der Waals surface area contributed by atoms with Crippen LogP contribution >= 0.6 is 11.3 Å². The second-order valence-electron chi connectivity index (χ2n) is 5.42. The minimum atomic E-state index is -0.242. The molecule has 0 amide bonds. The largest absolute Gasteiger partial charge is 0.321 e. The molecule has 0 atom stereocenters. The lowest BCUT2D eigenvalue weighted by molar-refractivity contribution is 0.478. The SMILES string of the molecule is NC1(c2cccc3ccsc23)Cc2ccccc2C1. The molecule has 0 spiro atoms. The highest BCUT2D eigenvalue weighted by atomic mass is 32.1. The predicted molar refractivity (Wildman–Crippen MR) is 81.5 cm³/mol. The van der Waals surface area contributed by atoms with Gasteiger partial charge in [-0.05, 0) is 46.4 Å². The molecule has 2 heteroatoms. The van der Waals surface area contributed by atoms with Crippen LogP contribution in [0.15, 0.2) is 53.9 Å². The second-order valence-corrected chi connectivity index (χ2v) is 6.34. The average molecular weight is 265 g/mol. The Morgan fingerprint density at radius 2 is 1.63 bits per heavy atom. The van der Waals surface area contributed by atoms with Crippen LogP contribution in [0.2, 0.25) is 0 Å². The van der Waals surface area contributed by atoms with E-state index in [0.29, 0.717) is 0 Å². The maximum atomic E-state index is 6.76. The van der Waals surface area contributed by atoms with E-state index in [-0.39, 0.29) is 5.54 Å². The molecule has 0 saturated carbocycles. The zero-order valence-electron chi connectivity index (χ0n) is 10.6. The van der Waals surface area contributed by atoms with Crippen molar-refractivity contribution in [1.82, 2.24) is 0 Å². The fourth-order valence-electron chi connectivity index (χ4n) is 3.22. The van der Waals surface area contributed by atoms with Crippen LogP contribution in [0.5, 0.6) is 0 Å². The molecule has 1 aliphatic carbocycles. The number of rotatable bonds is 1. The first kappa shape index (κ1) is 11.2. The number of benzene rings is 2. The molecular formula is C17H15NS. The molecule has 4 rings (SSSR count). The van der Waals surface area contributed by atoms with E-state index in [1.807, 2.05) is 0 Å². The van der Waals surface area contributed by atoms with Crippen LogP contribution in [0, 0.1) is 0 Å². The summed E-state index contributed by atoms with van der Waals surface area (Å²) < 4.78 is 1.35. The zero-order valence-corrected chi connectivity index (χ0v) is 11.4. The summed E-state index contributed by atoms with van der Waals surface area (Å²) >= 11 is 1.80. The Kier molecular flexibility index (Phi) is 2.32. The maximum absolute atomic E-state index is 6.76. The molecule has 2 aromatic carbocycles. The first-order chi connectivity index (χ1) is 9.26. The van der Waals surface area contributed by atoms with Gasteiger partial charge in [0.1, 0.15) is 0 Å². The molecule has 1 nitrogen and oxygen atoms in total. The van der Waals surface area contributed by atoms with Gasteiger partial charge in [-0.25, -0.2) is 0 Å². The third-order valence-corrected chi connectivity index (χ3v) is 5.11. The van der Waals surface area contributed by atoms with Gasteiger partial charge in [-0.2, -0.15) is 0 Å². The summed E-state index contributed by atoms with van der Waals surface area (Å²) in [7, 11) is 0. The van der Waals surface area contributed by atoms with Crippen molar-refractivity contribution in [3.8, 4) is 0 Å². The van der Waals surface area contributed by atoms with E-state index in [9.17, 15) is 0 Å². The summed E-state index contributed by atoms with van der Waals surface area (Å²) in [6, 6.07) is 17.3. The summed E-state index contributed by atoms with van der Waals surface area (Å²) in [5, 5.41) is 3.46. The molecular weight excluding hydrogens is 250 g/mol. The van der Waals surface area contributed by atoms with Crippen LogP contribution in [-0.2, 0) is 18.4 Å². The minimum Gasteiger partial charge on any atom is -0.321 e. The van der Waals surface area contributed by atoms with E-state index in [1.165, 1.54) is 26.8 Å². The van der Waals surface area contributed by atoms with Crippen molar-refractivity contribution in [3.05, 3.63) is 70.6 Å². The van der Waals surface area contributed by atoms with Gasteiger partial charge >= 0.3 is 0 Å². The van der Waals surface area contributed by atoms with E-state index < -0.39 is 0 Å². The molecule has 1 aromatic heterocycles. The third kappa shape index (κ3) is 1.64. The lowest BCUT2D eigenvalue weighted by Crippen LogP contribution is -2.37. The molecule has 0 fully saturated rings. The highest BCUT2D eigenvalue weighted by Crippen LogP contribution is 2.40. The molecule has 1 aliphatic rings. The van der Waals surface area contributed by atoms with Gasteiger partial charge in [-0.15, -0.1) is 11.3 Å².